The van der Waals surface area contributed by atoms with Gasteiger partial charge in [-0.25, -0.2) is 9.37 Å². The molecule has 1 aliphatic rings. The lowest BCUT2D eigenvalue weighted by atomic mass is 10.1. The van der Waals surface area contributed by atoms with E-state index in [2.05, 4.69) is 20.2 Å². The molecule has 194 valence electrons. The van der Waals surface area contributed by atoms with Crippen molar-refractivity contribution < 1.29 is 13.9 Å². The van der Waals surface area contributed by atoms with Gasteiger partial charge in [0.1, 0.15) is 10.8 Å². The highest BCUT2D eigenvalue weighted by atomic mass is 32.2. The van der Waals surface area contributed by atoms with Crippen molar-refractivity contribution in [2.75, 3.05) is 32.8 Å². The van der Waals surface area contributed by atoms with Gasteiger partial charge in [-0.3, -0.25) is 9.69 Å². The number of rotatable bonds is 8. The Bertz CT molecular complexity index is 1600. The maximum atomic E-state index is 13.3. The number of carbonyl (C=O) groups is 1. The number of benzene rings is 2. The van der Waals surface area contributed by atoms with Crippen molar-refractivity contribution in [3.05, 3.63) is 65.4 Å². The van der Waals surface area contributed by atoms with Crippen LogP contribution in [0, 0.1) is 5.82 Å². The summed E-state index contributed by atoms with van der Waals surface area (Å²) in [7, 11) is 0. The largest absolute Gasteiger partial charge is 0.379 e. The van der Waals surface area contributed by atoms with Crippen molar-refractivity contribution in [3.63, 3.8) is 0 Å². The average Bonchev–Trinajstić information content (AvgIpc) is 3.53. The van der Waals surface area contributed by atoms with Crippen LogP contribution in [0.5, 0.6) is 0 Å². The van der Waals surface area contributed by atoms with E-state index in [1.807, 2.05) is 30.3 Å². The zero-order valence-electron chi connectivity index (χ0n) is 20.3. The van der Waals surface area contributed by atoms with Gasteiger partial charge < -0.3 is 10.5 Å². The van der Waals surface area contributed by atoms with Crippen molar-refractivity contribution in [1.29, 1.82) is 0 Å². The van der Waals surface area contributed by atoms with Crippen molar-refractivity contribution >= 4 is 44.9 Å². The van der Waals surface area contributed by atoms with Crippen LogP contribution in [-0.4, -0.2) is 68.5 Å². The first-order valence-corrected chi connectivity index (χ1v) is 13.8. The van der Waals surface area contributed by atoms with E-state index >= 15 is 0 Å². The number of hydrogen-bond acceptors (Lipinski definition) is 9. The molecule has 4 heterocycles. The van der Waals surface area contributed by atoms with Gasteiger partial charge >= 0.3 is 0 Å². The van der Waals surface area contributed by atoms with Gasteiger partial charge in [0.15, 0.2) is 5.65 Å². The molecule has 1 amide bonds. The minimum absolute atomic E-state index is 0.295. The van der Waals surface area contributed by atoms with Gasteiger partial charge in [0.05, 0.1) is 35.0 Å². The van der Waals surface area contributed by atoms with E-state index in [0.717, 1.165) is 45.3 Å². The molecule has 0 aliphatic carbocycles. The Kier molecular flexibility index (Phi) is 7.02. The van der Waals surface area contributed by atoms with Crippen molar-refractivity contribution in [3.8, 4) is 11.3 Å². The van der Waals surface area contributed by atoms with Crippen LogP contribution in [0.15, 0.2) is 64.6 Å². The first-order chi connectivity index (χ1) is 18.5. The van der Waals surface area contributed by atoms with E-state index in [1.165, 1.54) is 35.2 Å². The van der Waals surface area contributed by atoms with Gasteiger partial charge in [-0.05, 0) is 79.3 Å². The molecule has 6 rings (SSSR count). The van der Waals surface area contributed by atoms with Crippen LogP contribution in [0.2, 0.25) is 0 Å². The maximum Gasteiger partial charge on any atom is 0.227 e. The normalized spacial score (nSPS) is 15.3. The molecule has 0 spiro atoms. The zero-order valence-corrected chi connectivity index (χ0v) is 21.9. The van der Waals surface area contributed by atoms with Crippen LogP contribution in [0.25, 0.3) is 27.1 Å². The quantitative estimate of drug-likeness (QED) is 0.309. The van der Waals surface area contributed by atoms with E-state index in [0.29, 0.717) is 36.1 Å². The molecule has 1 saturated heterocycles. The predicted octanol–water partition coefficient (Wildman–Crippen LogP) is 3.98. The topological polar surface area (TPSA) is 112 Å². The molecular weight excluding hydrogens is 525 g/mol. The van der Waals surface area contributed by atoms with Crippen LogP contribution in [0.3, 0.4) is 0 Å². The van der Waals surface area contributed by atoms with E-state index < -0.39 is 5.92 Å². The number of nitrogens with zero attached hydrogens (tertiary/aromatic N) is 6. The second kappa shape index (κ2) is 10.7. The predicted molar refractivity (Wildman–Crippen MR) is 144 cm³/mol. The summed E-state index contributed by atoms with van der Waals surface area (Å²) in [6.07, 6.45) is 0.630. The third-order valence-corrected chi connectivity index (χ3v) is 8.50. The number of amides is 1. The summed E-state index contributed by atoms with van der Waals surface area (Å²) in [6, 6.07) is 15.8. The number of hydrogen-bond donors (Lipinski definition) is 1. The van der Waals surface area contributed by atoms with Crippen LogP contribution >= 0.6 is 23.1 Å². The number of nitrogens with two attached hydrogens (primary N) is 1. The second-order valence-electron chi connectivity index (χ2n) is 8.96. The van der Waals surface area contributed by atoms with Gasteiger partial charge in [-0.2, -0.15) is 9.61 Å². The summed E-state index contributed by atoms with van der Waals surface area (Å²) in [5.74, 6) is -1.08. The highest BCUT2D eigenvalue weighted by Crippen LogP contribution is 2.34. The molecule has 1 fully saturated rings. The molecule has 0 bridgehead atoms. The summed E-state index contributed by atoms with van der Waals surface area (Å²) in [4.78, 5) is 20.3. The van der Waals surface area contributed by atoms with E-state index in [4.69, 9.17) is 15.5 Å². The fraction of sp³-hybridized carbons (Fsp3) is 0.269. The summed E-state index contributed by atoms with van der Waals surface area (Å²) in [6.45, 7) is 3.94. The Hall–Kier alpha value is -3.45. The van der Waals surface area contributed by atoms with Crippen LogP contribution in [0.1, 0.15) is 17.3 Å². The Balaban J connectivity index is 1.23. The number of ether oxygens (including phenoxy) is 1. The lowest BCUT2D eigenvalue weighted by molar-refractivity contribution is -0.119. The van der Waals surface area contributed by atoms with Crippen molar-refractivity contribution in [2.45, 2.75) is 22.4 Å². The monoisotopic (exact) mass is 549 g/mol. The van der Waals surface area contributed by atoms with Gasteiger partial charge in [-0.1, -0.05) is 0 Å². The standard InChI is InChI=1S/C26H24FN7O2S2/c27-17-3-1-16(2-4-17)20-7-8-23-30-31-26(34(23)32-20)37-18-5-6-21-22(15-18)38-25(29-21)19(24(28)35)9-10-33-11-13-36-14-12-33/h1-8,15,19H,9-14H2,(H2,28,35). The molecule has 1 unspecified atom stereocenters. The highest BCUT2D eigenvalue weighted by Gasteiger charge is 2.24. The number of fused-ring (bicyclic) bond motifs is 2. The zero-order chi connectivity index (χ0) is 26.1. The molecule has 0 saturated carbocycles. The van der Waals surface area contributed by atoms with Gasteiger partial charge in [0.2, 0.25) is 11.1 Å². The Labute approximate surface area is 225 Å². The van der Waals surface area contributed by atoms with E-state index in [1.54, 1.807) is 16.6 Å². The number of thiazole rings is 1. The lowest BCUT2D eigenvalue weighted by Gasteiger charge is -2.27. The minimum atomic E-state index is -0.430. The van der Waals surface area contributed by atoms with Crippen LogP contribution < -0.4 is 5.73 Å². The number of halogens is 1. The van der Waals surface area contributed by atoms with E-state index in [9.17, 15) is 9.18 Å². The molecule has 1 atom stereocenters. The molecular formula is C26H24FN7O2S2. The third kappa shape index (κ3) is 5.25. The van der Waals surface area contributed by atoms with Gasteiger partial charge in [0.25, 0.3) is 0 Å². The van der Waals surface area contributed by atoms with E-state index in [-0.39, 0.29) is 11.7 Å². The molecule has 12 heteroatoms. The highest BCUT2D eigenvalue weighted by molar-refractivity contribution is 7.99. The maximum absolute atomic E-state index is 13.3. The smallest absolute Gasteiger partial charge is 0.227 e. The molecule has 38 heavy (non-hydrogen) atoms. The molecule has 2 N–H and O–H groups in total. The first kappa shape index (κ1) is 24.9. The lowest BCUT2D eigenvalue weighted by Crippen LogP contribution is -2.38. The number of carbonyl (C=O) groups excluding carboxylic acids is 1. The van der Waals surface area contributed by atoms with Crippen molar-refractivity contribution in [1.82, 2.24) is 29.7 Å². The van der Waals surface area contributed by atoms with Crippen LogP contribution in [-0.2, 0) is 9.53 Å². The molecule has 2 aromatic carbocycles. The Morgan fingerprint density at radius 2 is 1.92 bits per heavy atom. The number of morpholine rings is 1. The van der Waals surface area contributed by atoms with Gasteiger partial charge in [-0.15, -0.1) is 21.5 Å². The summed E-state index contributed by atoms with van der Waals surface area (Å²) in [5, 5.41) is 14.6. The molecule has 0 radical (unpaired) electrons. The third-order valence-electron chi connectivity index (χ3n) is 6.44. The summed E-state index contributed by atoms with van der Waals surface area (Å²) < 4.78 is 21.4. The number of aromatic nitrogens is 5. The minimum Gasteiger partial charge on any atom is -0.379 e. The first-order valence-electron chi connectivity index (χ1n) is 12.2. The molecule has 1 aliphatic heterocycles. The fourth-order valence-electron chi connectivity index (χ4n) is 4.37. The second-order valence-corrected chi connectivity index (χ2v) is 11.1. The average molecular weight is 550 g/mol. The fourth-order valence-corrected chi connectivity index (χ4v) is 6.42. The van der Waals surface area contributed by atoms with Crippen molar-refractivity contribution in [2.24, 2.45) is 5.73 Å². The van der Waals surface area contributed by atoms with Crippen LogP contribution in [0.4, 0.5) is 4.39 Å². The Morgan fingerprint density at radius 3 is 2.71 bits per heavy atom. The summed E-state index contributed by atoms with van der Waals surface area (Å²) >= 11 is 2.93. The summed E-state index contributed by atoms with van der Waals surface area (Å²) in [5.41, 5.74) is 8.71. The molecule has 9 nitrogen and oxygen atoms in total. The molecule has 3 aromatic heterocycles. The van der Waals surface area contributed by atoms with Gasteiger partial charge in [0, 0.05) is 23.5 Å². The SMILES string of the molecule is NC(=O)C(CCN1CCOCC1)c1nc2ccc(Sc3nnc4ccc(-c5ccc(F)cc5)nn34)cc2s1. The Morgan fingerprint density at radius 1 is 1.11 bits per heavy atom. The molecule has 5 aromatic rings. The number of primary amides is 1.